The van der Waals surface area contributed by atoms with Crippen LogP contribution in [-0.4, -0.2) is 16.9 Å². The van der Waals surface area contributed by atoms with E-state index in [4.69, 9.17) is 0 Å². The van der Waals surface area contributed by atoms with Crippen molar-refractivity contribution in [3.8, 4) is 5.75 Å². The maximum atomic E-state index is 12.4. The zero-order valence-corrected chi connectivity index (χ0v) is 12.9. The van der Waals surface area contributed by atoms with Crippen molar-refractivity contribution in [2.45, 2.75) is 0 Å². The van der Waals surface area contributed by atoms with E-state index in [1.165, 1.54) is 23.2 Å². The highest BCUT2D eigenvalue weighted by atomic mass is 79.9. The molecule has 0 saturated carbocycles. The third-order valence-electron chi connectivity index (χ3n) is 3.16. The van der Waals surface area contributed by atoms with E-state index in [-0.39, 0.29) is 11.3 Å². The molecule has 1 saturated heterocycles. The lowest BCUT2D eigenvalue weighted by atomic mass is 10.1. The summed E-state index contributed by atoms with van der Waals surface area (Å²) in [4.78, 5) is 24.4. The van der Waals surface area contributed by atoms with Gasteiger partial charge in [-0.25, -0.2) is 5.01 Å². The van der Waals surface area contributed by atoms with Crippen molar-refractivity contribution in [2.75, 3.05) is 5.01 Å². The van der Waals surface area contributed by atoms with E-state index in [0.29, 0.717) is 11.3 Å². The first-order valence-electron chi connectivity index (χ1n) is 6.46. The van der Waals surface area contributed by atoms with Gasteiger partial charge in [0.2, 0.25) is 0 Å². The van der Waals surface area contributed by atoms with E-state index >= 15 is 0 Å². The summed E-state index contributed by atoms with van der Waals surface area (Å²) < 4.78 is 0.808. The van der Waals surface area contributed by atoms with E-state index in [9.17, 15) is 14.7 Å². The molecule has 1 aliphatic heterocycles. The van der Waals surface area contributed by atoms with Gasteiger partial charge < -0.3 is 5.11 Å². The zero-order chi connectivity index (χ0) is 15.7. The first-order valence-corrected chi connectivity index (χ1v) is 7.25. The maximum Gasteiger partial charge on any atom is 0.282 e. The molecule has 6 heteroatoms. The number of anilines is 1. The van der Waals surface area contributed by atoms with E-state index in [0.717, 1.165) is 4.47 Å². The predicted molar refractivity (Wildman–Crippen MR) is 85.9 cm³/mol. The Bertz CT molecular complexity index is 784. The molecule has 110 valence electrons. The van der Waals surface area contributed by atoms with Crippen LogP contribution in [0, 0.1) is 0 Å². The molecular formula is C16H11BrN2O3. The number of hydrogen-bond acceptors (Lipinski definition) is 3. The van der Waals surface area contributed by atoms with Crippen molar-refractivity contribution in [3.05, 3.63) is 64.1 Å². The van der Waals surface area contributed by atoms with E-state index < -0.39 is 11.8 Å². The number of phenolic OH excluding ortho intramolecular Hbond substituents is 1. The van der Waals surface area contributed by atoms with Gasteiger partial charge in [0.15, 0.2) is 0 Å². The lowest BCUT2D eigenvalue weighted by Gasteiger charge is -2.14. The number of benzene rings is 2. The minimum absolute atomic E-state index is 0.0469. The summed E-state index contributed by atoms with van der Waals surface area (Å²) in [5, 5.41) is 10.5. The number of halogens is 1. The van der Waals surface area contributed by atoms with Gasteiger partial charge in [-0.2, -0.15) is 0 Å². The number of hydrazine groups is 1. The Morgan fingerprint density at radius 2 is 1.82 bits per heavy atom. The highest BCUT2D eigenvalue weighted by Gasteiger charge is 2.34. The van der Waals surface area contributed by atoms with Crippen molar-refractivity contribution in [1.82, 2.24) is 5.43 Å². The van der Waals surface area contributed by atoms with Gasteiger partial charge in [0.25, 0.3) is 11.8 Å². The van der Waals surface area contributed by atoms with Crippen LogP contribution in [0.5, 0.6) is 5.75 Å². The molecule has 2 amide bonds. The van der Waals surface area contributed by atoms with Gasteiger partial charge in [0, 0.05) is 4.47 Å². The number of carbonyl (C=O) groups is 2. The fraction of sp³-hybridized carbons (Fsp3) is 0. The Balaban J connectivity index is 1.93. The Labute approximate surface area is 135 Å². The molecule has 1 fully saturated rings. The molecule has 5 nitrogen and oxygen atoms in total. The molecular weight excluding hydrogens is 348 g/mol. The first kappa shape index (κ1) is 14.3. The average molecular weight is 359 g/mol. The van der Waals surface area contributed by atoms with Crippen LogP contribution in [0.15, 0.2) is 58.6 Å². The van der Waals surface area contributed by atoms with Crippen LogP contribution in [0.25, 0.3) is 6.08 Å². The van der Waals surface area contributed by atoms with Gasteiger partial charge in [-0.15, -0.1) is 0 Å². The number of aromatic hydroxyl groups is 1. The fourth-order valence-corrected chi connectivity index (χ4v) is 2.48. The predicted octanol–water partition coefficient (Wildman–Crippen LogP) is 2.62. The standard InChI is InChI=1S/C16H11BrN2O3/c17-11-2-1-3-12(9-11)19-16(22)14(15(21)18-19)8-10-4-6-13(20)7-5-10/h1-9,20H,(H,18,21)/b14-8-. The third-order valence-corrected chi connectivity index (χ3v) is 3.66. The van der Waals surface area contributed by atoms with E-state index in [1.54, 1.807) is 30.3 Å². The summed E-state index contributed by atoms with van der Waals surface area (Å²) in [5.41, 5.74) is 3.81. The normalized spacial score (nSPS) is 16.2. The SMILES string of the molecule is O=C1NN(c2cccc(Br)c2)C(=O)/C1=C\c1ccc(O)cc1. The lowest BCUT2D eigenvalue weighted by Crippen LogP contribution is -2.35. The molecule has 0 aliphatic carbocycles. The molecule has 0 bridgehead atoms. The van der Waals surface area contributed by atoms with E-state index in [2.05, 4.69) is 21.4 Å². The summed E-state index contributed by atoms with van der Waals surface area (Å²) in [6, 6.07) is 13.3. The lowest BCUT2D eigenvalue weighted by molar-refractivity contribution is -0.117. The second-order valence-electron chi connectivity index (χ2n) is 4.71. The minimum Gasteiger partial charge on any atom is -0.508 e. The summed E-state index contributed by atoms with van der Waals surface area (Å²) in [6.45, 7) is 0. The second kappa shape index (κ2) is 5.65. The van der Waals surface area contributed by atoms with E-state index in [1.807, 2.05) is 6.07 Å². The van der Waals surface area contributed by atoms with Gasteiger partial charge in [-0.1, -0.05) is 34.1 Å². The number of hydrogen-bond donors (Lipinski definition) is 2. The zero-order valence-electron chi connectivity index (χ0n) is 11.3. The number of nitrogens with one attached hydrogen (secondary N) is 1. The van der Waals surface area contributed by atoms with Crippen LogP contribution >= 0.6 is 15.9 Å². The minimum atomic E-state index is -0.460. The van der Waals surface area contributed by atoms with Crippen molar-refractivity contribution in [1.29, 1.82) is 0 Å². The quantitative estimate of drug-likeness (QED) is 0.640. The number of amides is 2. The third kappa shape index (κ3) is 2.73. The smallest absolute Gasteiger partial charge is 0.282 e. The number of rotatable bonds is 2. The maximum absolute atomic E-state index is 12.4. The molecule has 2 aromatic rings. The second-order valence-corrected chi connectivity index (χ2v) is 5.63. The first-order chi connectivity index (χ1) is 10.5. The van der Waals surface area contributed by atoms with Gasteiger partial charge >= 0.3 is 0 Å². The molecule has 0 atom stereocenters. The number of phenols is 1. The summed E-state index contributed by atoms with van der Waals surface area (Å²) in [7, 11) is 0. The summed E-state index contributed by atoms with van der Waals surface area (Å²) >= 11 is 3.33. The highest BCUT2D eigenvalue weighted by molar-refractivity contribution is 9.10. The van der Waals surface area contributed by atoms with Gasteiger partial charge in [-0.3, -0.25) is 15.0 Å². The molecule has 2 aromatic carbocycles. The van der Waals surface area contributed by atoms with Crippen molar-refractivity contribution < 1.29 is 14.7 Å². The van der Waals surface area contributed by atoms with Crippen molar-refractivity contribution in [2.24, 2.45) is 0 Å². The molecule has 0 radical (unpaired) electrons. The Hall–Kier alpha value is -2.60. The Kier molecular flexibility index (Phi) is 3.68. The summed E-state index contributed by atoms with van der Waals surface area (Å²) in [6.07, 6.45) is 1.50. The van der Waals surface area contributed by atoms with Gasteiger partial charge in [0.1, 0.15) is 11.3 Å². The van der Waals surface area contributed by atoms with Gasteiger partial charge in [0.05, 0.1) is 5.69 Å². The van der Waals surface area contributed by atoms with Crippen molar-refractivity contribution in [3.63, 3.8) is 0 Å². The molecule has 0 spiro atoms. The van der Waals surface area contributed by atoms with Crippen molar-refractivity contribution >= 4 is 39.5 Å². The molecule has 1 aliphatic rings. The highest BCUT2D eigenvalue weighted by Crippen LogP contribution is 2.24. The van der Waals surface area contributed by atoms with Crippen LogP contribution in [-0.2, 0) is 9.59 Å². The summed E-state index contributed by atoms with van der Waals surface area (Å²) in [5.74, 6) is -0.755. The van der Waals surface area contributed by atoms with Crippen LogP contribution in [0.3, 0.4) is 0 Å². The number of nitrogens with zero attached hydrogens (tertiary/aromatic N) is 1. The fourth-order valence-electron chi connectivity index (χ4n) is 2.09. The van der Waals surface area contributed by atoms with Crippen LogP contribution in [0.2, 0.25) is 0 Å². The van der Waals surface area contributed by atoms with Gasteiger partial charge in [-0.05, 0) is 42.0 Å². The van der Waals surface area contributed by atoms with Crippen LogP contribution < -0.4 is 10.4 Å². The van der Waals surface area contributed by atoms with Crippen LogP contribution in [0.4, 0.5) is 5.69 Å². The molecule has 0 unspecified atom stereocenters. The Morgan fingerprint density at radius 1 is 1.09 bits per heavy atom. The average Bonchev–Trinajstić information content (AvgIpc) is 2.77. The number of carbonyl (C=O) groups excluding carboxylic acids is 2. The molecule has 1 heterocycles. The molecule has 22 heavy (non-hydrogen) atoms. The van der Waals surface area contributed by atoms with Crippen LogP contribution in [0.1, 0.15) is 5.56 Å². The topological polar surface area (TPSA) is 69.6 Å². The monoisotopic (exact) mass is 358 g/mol. The molecule has 2 N–H and O–H groups in total. The largest absolute Gasteiger partial charge is 0.508 e. The molecule has 0 aromatic heterocycles. The Morgan fingerprint density at radius 3 is 2.50 bits per heavy atom. The molecule has 3 rings (SSSR count).